The molecule has 6 heteroatoms. The highest BCUT2D eigenvalue weighted by atomic mass is 16.5. The van der Waals surface area contributed by atoms with Gasteiger partial charge in [0.25, 0.3) is 0 Å². The predicted octanol–water partition coefficient (Wildman–Crippen LogP) is 2.56. The summed E-state index contributed by atoms with van der Waals surface area (Å²) in [6.45, 7) is 7.06. The van der Waals surface area contributed by atoms with Gasteiger partial charge in [0.1, 0.15) is 36.3 Å². The van der Waals surface area contributed by atoms with Gasteiger partial charge in [0.2, 0.25) is 12.7 Å². The molecular formula is C24H32N4O2+2. The highest BCUT2D eigenvalue weighted by Crippen LogP contribution is 2.28. The van der Waals surface area contributed by atoms with Crippen molar-refractivity contribution >= 4 is 0 Å². The molecule has 0 fully saturated rings. The van der Waals surface area contributed by atoms with Crippen molar-refractivity contribution in [3.8, 4) is 23.3 Å². The second kappa shape index (κ2) is 10.5. The third-order valence-electron chi connectivity index (χ3n) is 4.82. The minimum absolute atomic E-state index is 0.647. The van der Waals surface area contributed by atoms with Crippen LogP contribution in [-0.4, -0.2) is 22.3 Å². The molecule has 0 saturated heterocycles. The lowest BCUT2D eigenvalue weighted by atomic mass is 10.1. The van der Waals surface area contributed by atoms with E-state index in [1.807, 2.05) is 54.7 Å². The van der Waals surface area contributed by atoms with Crippen LogP contribution in [-0.2, 0) is 27.2 Å². The van der Waals surface area contributed by atoms with Crippen molar-refractivity contribution in [2.75, 3.05) is 13.2 Å². The maximum atomic E-state index is 6.06. The highest BCUT2D eigenvalue weighted by Gasteiger charge is 2.10. The van der Waals surface area contributed by atoms with Crippen LogP contribution in [0.25, 0.3) is 0 Å². The van der Waals surface area contributed by atoms with Gasteiger partial charge in [-0.25, -0.2) is 18.3 Å². The fourth-order valence-corrected chi connectivity index (χ4v) is 3.30. The zero-order valence-electron chi connectivity index (χ0n) is 18.5. The van der Waals surface area contributed by atoms with Crippen LogP contribution >= 0.6 is 0 Å². The third-order valence-corrected chi connectivity index (χ3v) is 4.82. The first kappa shape index (κ1) is 21.5. The molecule has 0 spiro atoms. The number of benzene rings is 1. The van der Waals surface area contributed by atoms with Crippen LogP contribution in [0.1, 0.15) is 30.9 Å². The molecule has 0 atom stereocenters. The molecule has 2 heterocycles. The Labute approximate surface area is 179 Å². The second-order valence-corrected chi connectivity index (χ2v) is 7.53. The fraction of sp³-hybridized carbons (Fsp3) is 0.417. The van der Waals surface area contributed by atoms with E-state index < -0.39 is 0 Å². The second-order valence-electron chi connectivity index (χ2n) is 7.53. The van der Waals surface area contributed by atoms with Crippen molar-refractivity contribution in [2.45, 2.75) is 39.8 Å². The summed E-state index contributed by atoms with van der Waals surface area (Å²) in [7, 11) is 4.05. The van der Waals surface area contributed by atoms with Gasteiger partial charge in [-0.2, -0.15) is 0 Å². The molecule has 1 aromatic carbocycles. The lowest BCUT2D eigenvalue weighted by Crippen LogP contribution is -2.23. The Hall–Kier alpha value is -3.20. The van der Waals surface area contributed by atoms with E-state index in [0.717, 1.165) is 48.6 Å². The smallest absolute Gasteiger partial charge is 0.243 e. The van der Waals surface area contributed by atoms with Crippen LogP contribution in [0.2, 0.25) is 0 Å². The fourth-order valence-electron chi connectivity index (χ4n) is 3.30. The van der Waals surface area contributed by atoms with Gasteiger partial charge in [-0.3, -0.25) is 0 Å². The minimum atomic E-state index is 0.647. The minimum Gasteiger partial charge on any atom is -0.493 e. The van der Waals surface area contributed by atoms with Gasteiger partial charge in [0.15, 0.2) is 0 Å². The summed E-state index contributed by atoms with van der Waals surface area (Å²) in [5, 5.41) is 0. The normalized spacial score (nSPS) is 10.5. The Morgan fingerprint density at radius 3 is 1.93 bits per heavy atom. The molecule has 6 nitrogen and oxygen atoms in total. The molecule has 0 N–H and O–H groups in total. The van der Waals surface area contributed by atoms with Gasteiger partial charge in [-0.15, -0.1) is 5.92 Å². The van der Waals surface area contributed by atoms with Gasteiger partial charge < -0.3 is 9.47 Å². The maximum Gasteiger partial charge on any atom is 0.243 e. The zero-order valence-corrected chi connectivity index (χ0v) is 18.5. The van der Waals surface area contributed by atoms with E-state index in [1.54, 1.807) is 0 Å². The number of aryl methyl sites for hydroxylation is 5. The Kier molecular flexibility index (Phi) is 7.56. The predicted molar refractivity (Wildman–Crippen MR) is 115 cm³/mol. The summed E-state index contributed by atoms with van der Waals surface area (Å²) in [5.41, 5.74) is 1.94. The average Bonchev–Trinajstić information content (AvgIpc) is 3.33. The van der Waals surface area contributed by atoms with Crippen LogP contribution in [0.5, 0.6) is 11.5 Å². The number of imidazole rings is 2. The van der Waals surface area contributed by atoms with Crippen molar-refractivity contribution < 1.29 is 18.6 Å². The lowest BCUT2D eigenvalue weighted by Gasteiger charge is -2.13. The molecular weight excluding hydrogens is 376 g/mol. The van der Waals surface area contributed by atoms with E-state index in [-0.39, 0.29) is 0 Å². The Morgan fingerprint density at radius 2 is 1.43 bits per heavy atom. The summed E-state index contributed by atoms with van der Waals surface area (Å²) in [5.74, 6) is 7.84. The van der Waals surface area contributed by atoms with E-state index >= 15 is 0 Å². The average molecular weight is 409 g/mol. The van der Waals surface area contributed by atoms with Crippen LogP contribution < -0.4 is 18.6 Å². The largest absolute Gasteiger partial charge is 0.493 e. The van der Waals surface area contributed by atoms with Gasteiger partial charge in [0.05, 0.1) is 46.0 Å². The summed E-state index contributed by atoms with van der Waals surface area (Å²) in [4.78, 5) is 0. The molecule has 0 unspecified atom stereocenters. The maximum absolute atomic E-state index is 6.06. The molecule has 0 radical (unpaired) electrons. The molecule has 30 heavy (non-hydrogen) atoms. The van der Waals surface area contributed by atoms with E-state index in [4.69, 9.17) is 9.47 Å². The molecule has 158 valence electrons. The van der Waals surface area contributed by atoms with Crippen molar-refractivity contribution in [3.63, 3.8) is 0 Å². The molecule has 2 aromatic heterocycles. The monoisotopic (exact) mass is 408 g/mol. The van der Waals surface area contributed by atoms with Gasteiger partial charge >= 0.3 is 0 Å². The highest BCUT2D eigenvalue weighted by molar-refractivity contribution is 5.53. The molecule has 0 aliphatic heterocycles. The Morgan fingerprint density at radius 1 is 0.867 bits per heavy atom. The number of rotatable bonds is 10. The molecule has 3 aromatic rings. The van der Waals surface area contributed by atoms with Crippen molar-refractivity contribution in [1.82, 2.24) is 9.13 Å². The van der Waals surface area contributed by atoms with Gasteiger partial charge in [-0.1, -0.05) is 5.92 Å². The molecule has 0 aliphatic rings. The summed E-state index contributed by atoms with van der Waals surface area (Å²) in [6.07, 6.45) is 14.2. The van der Waals surface area contributed by atoms with Crippen LogP contribution in [0.3, 0.4) is 0 Å². The van der Waals surface area contributed by atoms with Gasteiger partial charge in [-0.05, 0) is 31.5 Å². The SMILES string of the molecule is CC#Cc1cc(OCCCn2cc[n+](C)c2)c(C)cc1OCCCn1cc[n+](C)c1. The first-order chi connectivity index (χ1) is 14.5. The first-order valence-corrected chi connectivity index (χ1v) is 10.4. The quantitative estimate of drug-likeness (QED) is 0.294. The molecule has 0 saturated carbocycles. The number of aromatic nitrogens is 4. The number of hydrogen-bond acceptors (Lipinski definition) is 2. The Bertz CT molecular complexity index is 1020. The van der Waals surface area contributed by atoms with Crippen LogP contribution in [0.15, 0.2) is 49.6 Å². The standard InChI is InChI=1S/C24H32N4O2/c1-5-8-22-18-23(29-15-6-9-27-13-11-25(3)19-27)21(2)17-24(22)30-16-7-10-28-14-12-26(4)20-28/h11-14,17-20H,6-7,9-10,15-16H2,1-4H3/q+2. The van der Waals surface area contributed by atoms with E-state index in [9.17, 15) is 0 Å². The zero-order chi connectivity index (χ0) is 21.3. The van der Waals surface area contributed by atoms with Crippen LogP contribution in [0.4, 0.5) is 0 Å². The molecule has 3 rings (SSSR count). The molecule has 0 aliphatic carbocycles. The first-order valence-electron chi connectivity index (χ1n) is 10.4. The van der Waals surface area contributed by atoms with E-state index in [2.05, 4.69) is 52.9 Å². The molecule has 0 amide bonds. The van der Waals surface area contributed by atoms with Crippen molar-refractivity contribution in [2.24, 2.45) is 14.1 Å². The van der Waals surface area contributed by atoms with E-state index in [0.29, 0.717) is 13.2 Å². The summed E-state index contributed by atoms with van der Waals surface area (Å²) < 4.78 is 20.5. The number of hydrogen-bond donors (Lipinski definition) is 0. The van der Waals surface area contributed by atoms with Gasteiger partial charge in [0, 0.05) is 12.8 Å². The number of nitrogens with zero attached hydrogens (tertiary/aromatic N) is 4. The number of ether oxygens (including phenoxy) is 2. The summed E-state index contributed by atoms with van der Waals surface area (Å²) in [6, 6.07) is 4.04. The molecule has 0 bridgehead atoms. The topological polar surface area (TPSA) is 36.1 Å². The van der Waals surface area contributed by atoms with Crippen LogP contribution in [0, 0.1) is 18.8 Å². The third kappa shape index (κ3) is 6.15. The lowest BCUT2D eigenvalue weighted by molar-refractivity contribution is -0.671. The van der Waals surface area contributed by atoms with Crippen molar-refractivity contribution in [1.29, 1.82) is 0 Å². The Balaban J connectivity index is 1.53. The van der Waals surface area contributed by atoms with E-state index in [1.165, 1.54) is 0 Å². The summed E-state index contributed by atoms with van der Waals surface area (Å²) >= 11 is 0. The van der Waals surface area contributed by atoms with Crippen molar-refractivity contribution in [3.05, 3.63) is 60.7 Å².